The number of hydrogen-bond donors (Lipinski definition) is 1. The first-order valence-electron chi connectivity index (χ1n) is 10.1. The SMILES string of the molecule is O=C(CSc1nc2ccc(Cl)cc2[nH]1)N1CCC[C@H]1c1ccc2c(c1)OCCCO2. The molecule has 0 saturated carbocycles. The Morgan fingerprint density at radius 3 is 2.93 bits per heavy atom. The fourth-order valence-corrected chi connectivity index (χ4v) is 4.98. The van der Waals surface area contributed by atoms with Gasteiger partial charge in [-0.1, -0.05) is 29.4 Å². The molecule has 1 fully saturated rings. The number of carbonyl (C=O) groups excluding carboxylic acids is 1. The quantitative estimate of drug-likeness (QED) is 0.585. The molecule has 1 saturated heterocycles. The number of halogens is 1. The number of carbonyl (C=O) groups is 1. The maximum Gasteiger partial charge on any atom is 0.233 e. The smallest absolute Gasteiger partial charge is 0.233 e. The molecule has 156 valence electrons. The third kappa shape index (κ3) is 3.96. The molecule has 3 heterocycles. The normalized spacial score (nSPS) is 18.6. The van der Waals surface area contributed by atoms with Crippen LogP contribution in [0.2, 0.25) is 5.02 Å². The molecule has 6 nitrogen and oxygen atoms in total. The van der Waals surface area contributed by atoms with Gasteiger partial charge in [-0.05, 0) is 48.7 Å². The molecule has 0 spiro atoms. The van der Waals surface area contributed by atoms with Gasteiger partial charge in [-0.3, -0.25) is 4.79 Å². The zero-order valence-electron chi connectivity index (χ0n) is 16.4. The fraction of sp³-hybridized carbons (Fsp3) is 0.364. The van der Waals surface area contributed by atoms with E-state index in [0.29, 0.717) is 24.0 Å². The number of rotatable bonds is 4. The van der Waals surface area contributed by atoms with Gasteiger partial charge in [-0.25, -0.2) is 4.98 Å². The highest BCUT2D eigenvalue weighted by molar-refractivity contribution is 7.99. The van der Waals surface area contributed by atoms with Gasteiger partial charge in [0.15, 0.2) is 16.7 Å². The number of aromatic nitrogens is 2. The van der Waals surface area contributed by atoms with Crippen molar-refractivity contribution in [1.82, 2.24) is 14.9 Å². The van der Waals surface area contributed by atoms with E-state index in [2.05, 4.69) is 16.0 Å². The zero-order valence-corrected chi connectivity index (χ0v) is 18.0. The van der Waals surface area contributed by atoms with Gasteiger partial charge in [-0.15, -0.1) is 0 Å². The summed E-state index contributed by atoms with van der Waals surface area (Å²) in [6.07, 6.45) is 2.83. The highest BCUT2D eigenvalue weighted by Crippen LogP contribution is 2.38. The molecule has 0 aliphatic carbocycles. The largest absolute Gasteiger partial charge is 0.490 e. The van der Waals surface area contributed by atoms with Crippen molar-refractivity contribution in [2.45, 2.75) is 30.5 Å². The minimum Gasteiger partial charge on any atom is -0.490 e. The highest BCUT2D eigenvalue weighted by atomic mass is 35.5. The van der Waals surface area contributed by atoms with Crippen LogP contribution in [0.5, 0.6) is 11.5 Å². The van der Waals surface area contributed by atoms with Gasteiger partial charge in [-0.2, -0.15) is 0 Å². The van der Waals surface area contributed by atoms with Crippen LogP contribution < -0.4 is 9.47 Å². The van der Waals surface area contributed by atoms with Crippen LogP contribution in [0.4, 0.5) is 0 Å². The van der Waals surface area contributed by atoms with Gasteiger partial charge in [0.1, 0.15) is 0 Å². The maximum atomic E-state index is 13.0. The Labute approximate surface area is 183 Å². The zero-order chi connectivity index (χ0) is 20.5. The van der Waals surface area contributed by atoms with Gasteiger partial charge < -0.3 is 19.4 Å². The van der Waals surface area contributed by atoms with Crippen molar-refractivity contribution in [3.8, 4) is 11.5 Å². The van der Waals surface area contributed by atoms with Crippen molar-refractivity contribution in [3.63, 3.8) is 0 Å². The van der Waals surface area contributed by atoms with E-state index in [1.165, 1.54) is 11.8 Å². The number of fused-ring (bicyclic) bond motifs is 2. The summed E-state index contributed by atoms with van der Waals surface area (Å²) >= 11 is 7.46. The summed E-state index contributed by atoms with van der Waals surface area (Å²) in [5.41, 5.74) is 2.83. The number of H-pyrrole nitrogens is 1. The summed E-state index contributed by atoms with van der Waals surface area (Å²) in [6, 6.07) is 11.7. The average Bonchev–Trinajstić information content (AvgIpc) is 3.32. The van der Waals surface area contributed by atoms with E-state index in [-0.39, 0.29) is 11.9 Å². The van der Waals surface area contributed by atoms with E-state index >= 15 is 0 Å². The van der Waals surface area contributed by atoms with E-state index in [9.17, 15) is 4.79 Å². The Bertz CT molecular complexity index is 1090. The van der Waals surface area contributed by atoms with Crippen molar-refractivity contribution in [3.05, 3.63) is 47.0 Å². The van der Waals surface area contributed by atoms with Crippen molar-refractivity contribution in [2.24, 2.45) is 0 Å². The van der Waals surface area contributed by atoms with Crippen molar-refractivity contribution in [2.75, 3.05) is 25.5 Å². The molecule has 0 bridgehead atoms. The van der Waals surface area contributed by atoms with E-state index < -0.39 is 0 Å². The molecule has 1 aromatic heterocycles. The molecule has 0 radical (unpaired) electrons. The maximum absolute atomic E-state index is 13.0. The Balaban J connectivity index is 1.28. The molecule has 5 rings (SSSR count). The van der Waals surface area contributed by atoms with Crippen LogP contribution in [0.3, 0.4) is 0 Å². The fourth-order valence-electron chi connectivity index (χ4n) is 4.04. The molecule has 8 heteroatoms. The molecule has 1 atom stereocenters. The number of nitrogens with one attached hydrogen (secondary N) is 1. The molecule has 30 heavy (non-hydrogen) atoms. The van der Waals surface area contributed by atoms with Crippen LogP contribution in [0, 0.1) is 0 Å². The van der Waals surface area contributed by atoms with Crippen molar-refractivity contribution in [1.29, 1.82) is 0 Å². The molecule has 2 aromatic carbocycles. The van der Waals surface area contributed by atoms with Crippen molar-refractivity contribution >= 4 is 40.3 Å². The topological polar surface area (TPSA) is 67.5 Å². The number of ether oxygens (including phenoxy) is 2. The van der Waals surface area contributed by atoms with Gasteiger partial charge >= 0.3 is 0 Å². The first-order valence-corrected chi connectivity index (χ1v) is 11.5. The standard InChI is InChI=1S/C22H22ClN3O3S/c23-15-5-6-16-17(12-15)25-22(24-16)30-13-21(27)26-8-1-3-18(26)14-4-7-19-20(11-14)29-10-2-9-28-19/h4-7,11-12,18H,1-3,8-10,13H2,(H,24,25)/t18-/m0/s1. The predicted molar refractivity (Wildman–Crippen MR) is 118 cm³/mol. The van der Waals surface area contributed by atoms with Crippen LogP contribution in [0.25, 0.3) is 11.0 Å². The second kappa shape index (κ2) is 8.40. The number of benzene rings is 2. The number of thioether (sulfide) groups is 1. The number of amides is 1. The minimum absolute atomic E-state index is 0.0738. The monoisotopic (exact) mass is 443 g/mol. The van der Waals surface area contributed by atoms with Gasteiger partial charge in [0.2, 0.25) is 5.91 Å². The predicted octanol–water partition coefficient (Wildman–Crippen LogP) is 4.83. The Morgan fingerprint density at radius 2 is 2.03 bits per heavy atom. The van der Waals surface area contributed by atoms with Gasteiger partial charge in [0.25, 0.3) is 0 Å². The second-order valence-corrected chi connectivity index (χ2v) is 8.89. The van der Waals surface area contributed by atoms with Crippen LogP contribution >= 0.6 is 23.4 Å². The number of nitrogens with zero attached hydrogens (tertiary/aromatic N) is 2. The minimum atomic E-state index is 0.0738. The van der Waals surface area contributed by atoms with E-state index in [1.807, 2.05) is 35.2 Å². The van der Waals surface area contributed by atoms with Crippen LogP contribution in [-0.4, -0.2) is 46.3 Å². The third-order valence-electron chi connectivity index (χ3n) is 5.48. The Hall–Kier alpha value is -2.38. The van der Waals surface area contributed by atoms with E-state index in [4.69, 9.17) is 21.1 Å². The summed E-state index contributed by atoms with van der Waals surface area (Å²) in [5, 5.41) is 1.39. The molecule has 2 aliphatic rings. The highest BCUT2D eigenvalue weighted by Gasteiger charge is 2.30. The molecule has 3 aromatic rings. The lowest BCUT2D eigenvalue weighted by Gasteiger charge is -2.25. The third-order valence-corrected chi connectivity index (χ3v) is 6.58. The number of imidazole rings is 1. The van der Waals surface area contributed by atoms with E-state index in [1.54, 1.807) is 0 Å². The number of hydrogen-bond acceptors (Lipinski definition) is 5. The van der Waals surface area contributed by atoms with Crippen LogP contribution in [0.1, 0.15) is 30.9 Å². The van der Waals surface area contributed by atoms with Crippen molar-refractivity contribution < 1.29 is 14.3 Å². The summed E-state index contributed by atoms with van der Waals surface area (Å²) in [4.78, 5) is 22.7. The van der Waals surface area contributed by atoms with Crippen LogP contribution in [-0.2, 0) is 4.79 Å². The average molecular weight is 444 g/mol. The first kappa shape index (κ1) is 19.6. The summed E-state index contributed by atoms with van der Waals surface area (Å²) in [5.74, 6) is 2.02. The lowest BCUT2D eigenvalue weighted by Crippen LogP contribution is -2.32. The molecule has 1 N–H and O–H groups in total. The molecular formula is C22H22ClN3O3S. The summed E-state index contributed by atoms with van der Waals surface area (Å²) in [7, 11) is 0. The van der Waals surface area contributed by atoms with Gasteiger partial charge in [0, 0.05) is 18.0 Å². The lowest BCUT2D eigenvalue weighted by molar-refractivity contribution is -0.129. The molecule has 2 aliphatic heterocycles. The molecule has 0 unspecified atom stereocenters. The van der Waals surface area contributed by atoms with Gasteiger partial charge in [0.05, 0.1) is 36.0 Å². The summed E-state index contributed by atoms with van der Waals surface area (Å²) < 4.78 is 11.6. The Morgan fingerprint density at radius 1 is 1.17 bits per heavy atom. The van der Waals surface area contributed by atoms with E-state index in [0.717, 1.165) is 59.1 Å². The number of likely N-dealkylation sites (tertiary alicyclic amines) is 1. The number of aromatic amines is 1. The lowest BCUT2D eigenvalue weighted by atomic mass is 10.0. The first-order chi connectivity index (χ1) is 14.7. The molecule has 1 amide bonds. The Kier molecular flexibility index (Phi) is 5.48. The second-order valence-electron chi connectivity index (χ2n) is 7.49. The summed E-state index contributed by atoms with van der Waals surface area (Å²) in [6.45, 7) is 2.10. The molecular weight excluding hydrogens is 422 g/mol. The van der Waals surface area contributed by atoms with Crippen LogP contribution in [0.15, 0.2) is 41.6 Å².